The summed E-state index contributed by atoms with van der Waals surface area (Å²) in [5, 5.41) is 10.4. The Kier molecular flexibility index (Phi) is 7.33. The average Bonchev–Trinajstić information content (AvgIpc) is 3.18. The number of aliphatic carboxylic acids is 1. The third kappa shape index (κ3) is 5.14. The van der Waals surface area contributed by atoms with Gasteiger partial charge < -0.3 is 9.84 Å². The van der Waals surface area contributed by atoms with Crippen LogP contribution < -0.4 is 0 Å². The van der Waals surface area contributed by atoms with Gasteiger partial charge in [-0.05, 0) is 50.4 Å². The molecule has 3 nitrogen and oxygen atoms in total. The Morgan fingerprint density at radius 3 is 2.38 bits per heavy atom. The summed E-state index contributed by atoms with van der Waals surface area (Å²) in [4.78, 5) is 10.6. The molecular weight excluding hydrogens is 320 g/mol. The lowest BCUT2D eigenvalue weighted by atomic mass is 9.77. The van der Waals surface area contributed by atoms with E-state index in [0.717, 1.165) is 41.8 Å². The molecule has 3 aliphatic rings. The molecule has 0 aromatic rings. The number of rotatable bonds is 10. The van der Waals surface area contributed by atoms with Crippen molar-refractivity contribution in [2.24, 2.45) is 11.8 Å². The molecule has 0 aromatic heterocycles. The number of thioether (sulfide) groups is 1. The van der Waals surface area contributed by atoms with Crippen LogP contribution in [0.5, 0.6) is 0 Å². The summed E-state index contributed by atoms with van der Waals surface area (Å²) in [5.41, 5.74) is 0. The quantitative estimate of drug-likeness (QED) is 0.543. The number of carboxylic acids is 1. The highest BCUT2D eigenvalue weighted by Gasteiger charge is 2.47. The molecule has 4 atom stereocenters. The molecule has 2 bridgehead atoms. The minimum atomic E-state index is -0.653. The van der Waals surface area contributed by atoms with Gasteiger partial charge in [-0.25, -0.2) is 0 Å². The first-order chi connectivity index (χ1) is 11.7. The molecule has 2 saturated heterocycles. The Balaban J connectivity index is 1.37. The van der Waals surface area contributed by atoms with Crippen LogP contribution in [0.1, 0.15) is 83.5 Å². The van der Waals surface area contributed by atoms with Crippen molar-refractivity contribution in [3.63, 3.8) is 0 Å². The highest BCUT2D eigenvalue weighted by Crippen LogP contribution is 2.54. The van der Waals surface area contributed by atoms with E-state index in [1.807, 2.05) is 0 Å². The topological polar surface area (TPSA) is 46.5 Å². The molecule has 4 heteroatoms. The van der Waals surface area contributed by atoms with Gasteiger partial charge in [-0.1, -0.05) is 38.5 Å². The number of carboxylic acid groups (broad SMARTS) is 1. The summed E-state index contributed by atoms with van der Waals surface area (Å²) in [6.07, 6.45) is 16.1. The van der Waals surface area contributed by atoms with Crippen LogP contribution in [0.25, 0.3) is 0 Å². The van der Waals surface area contributed by atoms with Crippen molar-refractivity contribution < 1.29 is 14.6 Å². The van der Waals surface area contributed by atoms with Crippen molar-refractivity contribution in [2.45, 2.75) is 100 Å². The average molecular weight is 355 g/mol. The van der Waals surface area contributed by atoms with E-state index in [2.05, 4.69) is 11.8 Å². The van der Waals surface area contributed by atoms with Crippen LogP contribution in [0.15, 0.2) is 0 Å². The first-order valence-electron chi connectivity index (χ1n) is 10.2. The van der Waals surface area contributed by atoms with Gasteiger partial charge in [0, 0.05) is 16.9 Å². The van der Waals surface area contributed by atoms with Crippen LogP contribution in [-0.2, 0) is 9.53 Å². The second-order valence-corrected chi connectivity index (χ2v) is 9.54. The molecule has 24 heavy (non-hydrogen) atoms. The smallest absolute Gasteiger partial charge is 0.303 e. The first kappa shape index (κ1) is 18.6. The van der Waals surface area contributed by atoms with Crippen molar-refractivity contribution in [3.05, 3.63) is 0 Å². The van der Waals surface area contributed by atoms with E-state index < -0.39 is 5.97 Å². The van der Waals surface area contributed by atoms with Crippen molar-refractivity contribution >= 4 is 17.7 Å². The third-order valence-corrected chi connectivity index (χ3v) is 8.21. The fraction of sp³-hybridized carbons (Fsp3) is 0.950. The lowest BCUT2D eigenvalue weighted by Crippen LogP contribution is -2.32. The Morgan fingerprint density at radius 2 is 1.62 bits per heavy atom. The minimum Gasteiger partial charge on any atom is -0.481 e. The maximum absolute atomic E-state index is 10.6. The summed E-state index contributed by atoms with van der Waals surface area (Å²) in [6.45, 7) is 1.00. The number of carbonyl (C=O) groups is 1. The molecule has 1 N–H and O–H groups in total. The van der Waals surface area contributed by atoms with Crippen LogP contribution in [0, 0.1) is 11.8 Å². The molecule has 2 heterocycles. The fourth-order valence-corrected chi connectivity index (χ4v) is 7.01. The van der Waals surface area contributed by atoms with Crippen LogP contribution in [-0.4, -0.2) is 34.3 Å². The zero-order valence-corrected chi connectivity index (χ0v) is 15.8. The number of hydrogen-bond donors (Lipinski definition) is 1. The summed E-state index contributed by atoms with van der Waals surface area (Å²) in [7, 11) is 0. The van der Waals surface area contributed by atoms with Gasteiger partial charge in [0.1, 0.15) is 0 Å². The van der Waals surface area contributed by atoms with Crippen LogP contribution in [0.3, 0.4) is 0 Å². The molecule has 0 radical (unpaired) electrons. The highest BCUT2D eigenvalue weighted by molar-refractivity contribution is 8.01. The molecule has 2 aliphatic heterocycles. The number of hydrogen-bond acceptors (Lipinski definition) is 3. The van der Waals surface area contributed by atoms with Gasteiger partial charge >= 0.3 is 5.97 Å². The Morgan fingerprint density at radius 1 is 0.917 bits per heavy atom. The van der Waals surface area contributed by atoms with Crippen LogP contribution in [0.4, 0.5) is 0 Å². The van der Waals surface area contributed by atoms with Gasteiger partial charge in [-0.3, -0.25) is 4.79 Å². The second kappa shape index (κ2) is 9.47. The number of fused-ring (bicyclic) bond motifs is 2. The maximum Gasteiger partial charge on any atom is 0.303 e. The summed E-state index contributed by atoms with van der Waals surface area (Å²) in [6, 6.07) is 0. The summed E-state index contributed by atoms with van der Waals surface area (Å²) >= 11 is 2.25. The second-order valence-electron chi connectivity index (χ2n) is 8.06. The number of unbranched alkanes of at least 4 members (excludes halogenated alkanes) is 3. The van der Waals surface area contributed by atoms with E-state index in [1.165, 1.54) is 64.2 Å². The Labute approximate surface area is 151 Å². The largest absolute Gasteiger partial charge is 0.481 e. The maximum atomic E-state index is 10.6. The molecule has 1 aliphatic carbocycles. The Hall–Kier alpha value is -0.220. The van der Waals surface area contributed by atoms with Gasteiger partial charge in [0.05, 0.1) is 12.7 Å². The first-order valence-corrected chi connectivity index (χ1v) is 11.2. The van der Waals surface area contributed by atoms with E-state index in [0.29, 0.717) is 12.5 Å². The molecule has 0 aromatic carbocycles. The lowest BCUT2D eigenvalue weighted by Gasteiger charge is -2.32. The third-order valence-electron chi connectivity index (χ3n) is 6.34. The molecule has 138 valence electrons. The van der Waals surface area contributed by atoms with Crippen molar-refractivity contribution in [3.8, 4) is 0 Å². The molecule has 4 unspecified atom stereocenters. The summed E-state index contributed by atoms with van der Waals surface area (Å²) < 4.78 is 6.34. The van der Waals surface area contributed by atoms with E-state index in [4.69, 9.17) is 9.84 Å². The predicted octanol–water partition coefficient (Wildman–Crippen LogP) is 5.27. The van der Waals surface area contributed by atoms with E-state index in [-0.39, 0.29) is 0 Å². The lowest BCUT2D eigenvalue weighted by molar-refractivity contribution is -0.137. The van der Waals surface area contributed by atoms with Gasteiger partial charge in [-0.2, -0.15) is 11.8 Å². The monoisotopic (exact) mass is 354 g/mol. The molecule has 0 spiro atoms. The van der Waals surface area contributed by atoms with Crippen molar-refractivity contribution in [2.75, 3.05) is 6.61 Å². The van der Waals surface area contributed by atoms with Gasteiger partial charge in [0.2, 0.25) is 0 Å². The molecule has 1 saturated carbocycles. The van der Waals surface area contributed by atoms with E-state index in [1.54, 1.807) is 0 Å². The van der Waals surface area contributed by atoms with Crippen molar-refractivity contribution in [1.29, 1.82) is 0 Å². The van der Waals surface area contributed by atoms with Gasteiger partial charge in [-0.15, -0.1) is 0 Å². The predicted molar refractivity (Wildman–Crippen MR) is 99.5 cm³/mol. The normalized spacial score (nSPS) is 33.2. The van der Waals surface area contributed by atoms with E-state index >= 15 is 0 Å². The zero-order chi connectivity index (χ0) is 16.8. The molecule has 3 rings (SSSR count). The van der Waals surface area contributed by atoms with Gasteiger partial charge in [0.25, 0.3) is 0 Å². The minimum absolute atomic E-state index is 0.335. The zero-order valence-electron chi connectivity index (χ0n) is 15.0. The number of ether oxygens (including phenoxy) is 1. The standard InChI is InChI=1S/C20H34O3S/c21-20(22)11-7-2-1-6-10-16-17(19-13-12-18(16)24-19)14-23-15-8-4-3-5-9-15/h15-19H,1-14H2,(H,21,22). The SMILES string of the molecule is O=C(O)CCCCCCC1C2CCC(S2)C1COC1CCCCC1. The molecule has 3 fully saturated rings. The Bertz CT molecular complexity index is 394. The van der Waals surface area contributed by atoms with Gasteiger partial charge in [0.15, 0.2) is 0 Å². The van der Waals surface area contributed by atoms with Crippen molar-refractivity contribution in [1.82, 2.24) is 0 Å². The van der Waals surface area contributed by atoms with Crippen LogP contribution >= 0.6 is 11.8 Å². The van der Waals surface area contributed by atoms with Crippen LogP contribution in [0.2, 0.25) is 0 Å². The summed E-state index contributed by atoms with van der Waals surface area (Å²) in [5.74, 6) is 0.992. The molecular formula is C20H34O3S. The molecule has 0 amide bonds. The fourth-order valence-electron chi connectivity index (χ4n) is 4.99. The van der Waals surface area contributed by atoms with E-state index in [9.17, 15) is 4.79 Å². The highest BCUT2D eigenvalue weighted by atomic mass is 32.2.